The van der Waals surface area contributed by atoms with Crippen molar-refractivity contribution < 1.29 is 0 Å². The number of hydrogen-bond acceptors (Lipinski definition) is 4. The van der Waals surface area contributed by atoms with Crippen LogP contribution in [0.3, 0.4) is 0 Å². The number of rotatable bonds is 6. The van der Waals surface area contributed by atoms with Crippen LogP contribution in [0.5, 0.6) is 0 Å². The fourth-order valence-electron chi connectivity index (χ4n) is 0.988. The van der Waals surface area contributed by atoms with E-state index in [0.717, 1.165) is 12.3 Å². The van der Waals surface area contributed by atoms with Crippen molar-refractivity contribution in [3.8, 4) is 0 Å². The van der Waals surface area contributed by atoms with Crippen molar-refractivity contribution in [2.45, 2.75) is 26.3 Å². The smallest absolute Gasteiger partial charge is 0.0182 e. The van der Waals surface area contributed by atoms with Gasteiger partial charge in [0, 0.05) is 18.3 Å². The number of nitrogens with zero attached hydrogens (tertiary/aromatic N) is 1. The van der Waals surface area contributed by atoms with Crippen molar-refractivity contribution in [2.75, 3.05) is 18.6 Å². The van der Waals surface area contributed by atoms with E-state index < -0.39 is 0 Å². The lowest BCUT2D eigenvalue weighted by atomic mass is 10.2. The Morgan fingerprint density at radius 3 is 2.55 bits per heavy atom. The van der Waals surface area contributed by atoms with Gasteiger partial charge < -0.3 is 0 Å². The molecule has 0 aliphatic heterocycles. The Morgan fingerprint density at radius 1 is 1.55 bits per heavy atom. The normalized spacial score (nSPS) is 13.9. The van der Waals surface area contributed by atoms with E-state index in [-0.39, 0.29) is 0 Å². The molecule has 0 amide bonds. The third-order valence-electron chi connectivity index (χ3n) is 1.66. The molecule has 11 heavy (non-hydrogen) atoms. The number of hydrogen-bond donors (Lipinski definition) is 1. The first kappa shape index (κ1) is 12.0. The molecule has 0 aliphatic carbocycles. The van der Waals surface area contributed by atoms with Gasteiger partial charge in [-0.1, -0.05) is 29.7 Å². The van der Waals surface area contributed by atoms with E-state index in [1.807, 2.05) is 11.9 Å². The summed E-state index contributed by atoms with van der Waals surface area (Å²) in [6.07, 6.45) is 3.36. The van der Waals surface area contributed by atoms with Crippen LogP contribution >= 0.6 is 34.4 Å². The second kappa shape index (κ2) is 7.65. The van der Waals surface area contributed by atoms with Crippen LogP contribution in [0.15, 0.2) is 0 Å². The number of thiol groups is 1. The van der Waals surface area contributed by atoms with Crippen LogP contribution in [0, 0.1) is 0 Å². The van der Waals surface area contributed by atoms with E-state index in [4.69, 9.17) is 0 Å². The highest BCUT2D eigenvalue weighted by molar-refractivity contribution is 8.68. The minimum absolute atomic E-state index is 0.676. The van der Waals surface area contributed by atoms with Gasteiger partial charge in [-0.05, 0) is 19.6 Å². The Labute approximate surface area is 83.6 Å². The zero-order valence-electron chi connectivity index (χ0n) is 7.41. The minimum Gasteiger partial charge on any atom is -0.248 e. The molecular formula is C7H17NS3. The lowest BCUT2D eigenvalue weighted by Crippen LogP contribution is -2.26. The van der Waals surface area contributed by atoms with E-state index in [0.29, 0.717) is 6.04 Å². The molecule has 1 unspecified atom stereocenters. The Morgan fingerprint density at radius 2 is 2.18 bits per heavy atom. The first-order valence-electron chi connectivity index (χ1n) is 3.83. The monoisotopic (exact) mass is 211 g/mol. The van der Waals surface area contributed by atoms with Gasteiger partial charge in [0.1, 0.15) is 0 Å². The van der Waals surface area contributed by atoms with Crippen LogP contribution in [0.25, 0.3) is 0 Å². The van der Waals surface area contributed by atoms with Crippen LogP contribution in [-0.2, 0) is 0 Å². The van der Waals surface area contributed by atoms with Gasteiger partial charge in [0.05, 0.1) is 0 Å². The highest BCUT2D eigenvalue weighted by atomic mass is 33.1. The Hall–Kier alpha value is 1.01. The van der Waals surface area contributed by atoms with Crippen molar-refractivity contribution in [3.05, 3.63) is 0 Å². The predicted octanol–water partition coefficient (Wildman–Crippen LogP) is 2.94. The maximum atomic E-state index is 4.11. The lowest BCUT2D eigenvalue weighted by Gasteiger charge is -2.24. The molecule has 1 nitrogen and oxygen atoms in total. The molecule has 4 heteroatoms. The molecule has 0 aliphatic rings. The molecule has 0 radical (unpaired) electrons. The topological polar surface area (TPSA) is 3.24 Å². The van der Waals surface area contributed by atoms with Gasteiger partial charge in [0.15, 0.2) is 0 Å². The molecule has 0 aromatic rings. The average molecular weight is 211 g/mol. The summed E-state index contributed by atoms with van der Waals surface area (Å²) in [6, 6.07) is 0.676. The molecule has 0 N–H and O–H groups in total. The largest absolute Gasteiger partial charge is 0.248 e. The molecule has 0 aromatic carbocycles. The highest BCUT2D eigenvalue weighted by Crippen LogP contribution is 2.16. The van der Waals surface area contributed by atoms with Gasteiger partial charge in [-0.3, -0.25) is 0 Å². The maximum Gasteiger partial charge on any atom is 0.0182 e. The van der Waals surface area contributed by atoms with Crippen LogP contribution < -0.4 is 0 Å². The second-order valence-corrected chi connectivity index (χ2v) is 4.66. The molecule has 0 saturated heterocycles. The third kappa shape index (κ3) is 5.28. The molecule has 0 fully saturated rings. The van der Waals surface area contributed by atoms with Crippen molar-refractivity contribution in [3.63, 3.8) is 0 Å². The zero-order valence-corrected chi connectivity index (χ0v) is 9.94. The van der Waals surface area contributed by atoms with Crippen molar-refractivity contribution in [1.82, 2.24) is 4.31 Å². The average Bonchev–Trinajstić information content (AvgIpc) is 2.03. The first-order valence-corrected chi connectivity index (χ1v) is 7.05. The summed E-state index contributed by atoms with van der Waals surface area (Å²) < 4.78 is 2.39. The van der Waals surface area contributed by atoms with E-state index >= 15 is 0 Å². The van der Waals surface area contributed by atoms with E-state index in [9.17, 15) is 0 Å². The van der Waals surface area contributed by atoms with Crippen molar-refractivity contribution >= 4 is 34.4 Å². The standard InChI is InChI=1S/C7H17NS3/c1-4-8(10-3)7(2)5-6-11-9/h7,9H,4-6H2,1-3H3. The summed E-state index contributed by atoms with van der Waals surface area (Å²) in [5, 5.41) is 0. The van der Waals surface area contributed by atoms with E-state index in [1.165, 1.54) is 6.42 Å². The minimum atomic E-state index is 0.676. The fourth-order valence-corrected chi connectivity index (χ4v) is 2.47. The predicted molar refractivity (Wildman–Crippen MR) is 61.4 cm³/mol. The van der Waals surface area contributed by atoms with Gasteiger partial charge in [0.25, 0.3) is 0 Å². The van der Waals surface area contributed by atoms with Crippen LogP contribution in [0.4, 0.5) is 0 Å². The van der Waals surface area contributed by atoms with Crippen molar-refractivity contribution in [2.24, 2.45) is 0 Å². The van der Waals surface area contributed by atoms with Gasteiger partial charge in [0.2, 0.25) is 0 Å². The van der Waals surface area contributed by atoms with Gasteiger partial charge in [-0.25, -0.2) is 4.31 Å². The Kier molecular flexibility index (Phi) is 8.35. The van der Waals surface area contributed by atoms with Crippen molar-refractivity contribution in [1.29, 1.82) is 0 Å². The third-order valence-corrected chi connectivity index (χ3v) is 3.72. The molecule has 0 rings (SSSR count). The fraction of sp³-hybridized carbons (Fsp3) is 1.00. The summed E-state index contributed by atoms with van der Waals surface area (Å²) in [7, 11) is 1.63. The molecule has 0 heterocycles. The van der Waals surface area contributed by atoms with Gasteiger partial charge in [-0.2, -0.15) is 0 Å². The summed E-state index contributed by atoms with van der Waals surface area (Å²) in [6.45, 7) is 5.59. The molecule has 0 spiro atoms. The Balaban J connectivity index is 3.51. The summed E-state index contributed by atoms with van der Waals surface area (Å²) >= 11 is 5.94. The molecule has 68 valence electrons. The second-order valence-electron chi connectivity index (χ2n) is 2.39. The Bertz CT molecular complexity index is 85.8. The first-order chi connectivity index (χ1) is 5.26. The maximum absolute atomic E-state index is 4.11. The summed E-state index contributed by atoms with van der Waals surface area (Å²) in [5.41, 5.74) is 0. The SMILES string of the molecule is CCN(SC)C(C)CCSS. The zero-order chi connectivity index (χ0) is 8.69. The molecule has 0 aromatic heterocycles. The molecule has 1 atom stereocenters. The van der Waals surface area contributed by atoms with Gasteiger partial charge >= 0.3 is 0 Å². The molecular weight excluding hydrogens is 194 g/mol. The van der Waals surface area contributed by atoms with E-state index in [2.05, 4.69) is 36.1 Å². The van der Waals surface area contributed by atoms with Gasteiger partial charge in [-0.15, -0.1) is 11.7 Å². The summed E-state index contributed by atoms with van der Waals surface area (Å²) in [5.74, 6) is 1.14. The molecule has 0 saturated carbocycles. The van der Waals surface area contributed by atoms with Crippen LogP contribution in [0.2, 0.25) is 0 Å². The van der Waals surface area contributed by atoms with Crippen LogP contribution in [0.1, 0.15) is 20.3 Å². The quantitative estimate of drug-likeness (QED) is 0.409. The molecule has 0 bridgehead atoms. The lowest BCUT2D eigenvalue weighted by molar-refractivity contribution is 0.384. The highest BCUT2D eigenvalue weighted by Gasteiger charge is 2.09. The van der Waals surface area contributed by atoms with E-state index in [1.54, 1.807) is 10.8 Å². The van der Waals surface area contributed by atoms with Crippen LogP contribution in [-0.4, -0.2) is 28.9 Å². The summed E-state index contributed by atoms with van der Waals surface area (Å²) in [4.78, 5) is 0.